The van der Waals surface area contributed by atoms with E-state index in [1.807, 2.05) is 0 Å². The van der Waals surface area contributed by atoms with Crippen LogP contribution in [0.25, 0.3) is 0 Å². The fourth-order valence-corrected chi connectivity index (χ4v) is 1.65. The van der Waals surface area contributed by atoms with E-state index in [0.29, 0.717) is 6.92 Å². The molecular formula is C15H26F6O7. The van der Waals surface area contributed by atoms with Gasteiger partial charge in [-0.25, -0.2) is 4.74 Å². The van der Waals surface area contributed by atoms with Gasteiger partial charge in [0.05, 0.1) is 59.5 Å². The van der Waals surface area contributed by atoms with Crippen molar-refractivity contribution in [2.75, 3.05) is 59.5 Å². The lowest BCUT2D eigenvalue weighted by Crippen LogP contribution is -2.52. The molecule has 0 rings (SSSR count). The number of hydrogen-bond acceptors (Lipinski definition) is 7. The average Bonchev–Trinajstić information content (AvgIpc) is 2.61. The molecule has 0 amide bonds. The summed E-state index contributed by atoms with van der Waals surface area (Å²) in [7, 11) is 0. The van der Waals surface area contributed by atoms with Crippen LogP contribution in [0.15, 0.2) is 0 Å². The summed E-state index contributed by atoms with van der Waals surface area (Å²) < 4.78 is 104. The molecule has 0 spiro atoms. The van der Waals surface area contributed by atoms with E-state index in [1.54, 1.807) is 0 Å². The highest BCUT2D eigenvalue weighted by atomic mass is 19.3. The summed E-state index contributed by atoms with van der Waals surface area (Å²) in [5.74, 6) is -4.82. The molecule has 0 heterocycles. The Morgan fingerprint density at radius 2 is 1.25 bits per heavy atom. The van der Waals surface area contributed by atoms with Gasteiger partial charge in [0.25, 0.3) is 0 Å². The zero-order valence-electron chi connectivity index (χ0n) is 15.4. The van der Waals surface area contributed by atoms with Gasteiger partial charge in [0.2, 0.25) is 0 Å². The maximum absolute atomic E-state index is 14.1. The maximum atomic E-state index is 14.1. The topological polar surface area (TPSA) is 86.6 Å². The molecule has 0 saturated carbocycles. The fraction of sp³-hybridized carbons (Fsp3) is 1.00. The molecule has 7 nitrogen and oxygen atoms in total. The number of halogens is 6. The van der Waals surface area contributed by atoms with Crippen LogP contribution < -0.4 is 0 Å². The van der Waals surface area contributed by atoms with Gasteiger partial charge < -0.3 is 29.2 Å². The molecule has 0 aromatic rings. The molecule has 0 fully saturated rings. The molecule has 1 unspecified atom stereocenters. The van der Waals surface area contributed by atoms with Crippen LogP contribution in [0.5, 0.6) is 0 Å². The lowest BCUT2D eigenvalue weighted by atomic mass is 10.2. The van der Waals surface area contributed by atoms with Crippen LogP contribution in [0.1, 0.15) is 13.3 Å². The van der Waals surface area contributed by atoms with Gasteiger partial charge in [-0.3, -0.25) is 0 Å². The van der Waals surface area contributed by atoms with E-state index in [4.69, 9.17) is 29.2 Å². The summed E-state index contributed by atoms with van der Waals surface area (Å²) in [6.45, 7) is -2.16. The van der Waals surface area contributed by atoms with E-state index < -0.39 is 43.9 Å². The quantitative estimate of drug-likeness (QED) is 0.252. The number of hydrogen-bond donors (Lipinski definition) is 2. The molecule has 13 heteroatoms. The van der Waals surface area contributed by atoms with Gasteiger partial charge in [-0.15, -0.1) is 0 Å². The van der Waals surface area contributed by atoms with Crippen molar-refractivity contribution in [2.45, 2.75) is 37.6 Å². The second kappa shape index (κ2) is 13.5. The summed E-state index contributed by atoms with van der Waals surface area (Å²) in [6.07, 6.45) is -14.1. The Morgan fingerprint density at radius 3 is 1.75 bits per heavy atom. The van der Waals surface area contributed by atoms with Crippen molar-refractivity contribution in [2.24, 2.45) is 0 Å². The Kier molecular flexibility index (Phi) is 13.2. The van der Waals surface area contributed by atoms with E-state index in [2.05, 4.69) is 4.74 Å². The lowest BCUT2D eigenvalue weighted by Gasteiger charge is -2.32. The highest BCUT2D eigenvalue weighted by molar-refractivity contribution is 4.79. The molecule has 0 radical (unpaired) electrons. The van der Waals surface area contributed by atoms with Crippen molar-refractivity contribution in [3.05, 3.63) is 0 Å². The second-order valence-corrected chi connectivity index (χ2v) is 5.34. The van der Waals surface area contributed by atoms with Gasteiger partial charge in [-0.05, 0) is 0 Å². The Balaban J connectivity index is 4.86. The van der Waals surface area contributed by atoms with Crippen LogP contribution in [0.3, 0.4) is 0 Å². The van der Waals surface area contributed by atoms with Gasteiger partial charge in [0, 0.05) is 6.42 Å². The first-order valence-electron chi connectivity index (χ1n) is 8.44. The number of aliphatic hydroxyl groups is 2. The van der Waals surface area contributed by atoms with Gasteiger partial charge >= 0.3 is 18.1 Å². The van der Waals surface area contributed by atoms with Crippen LogP contribution in [-0.2, 0) is 23.7 Å². The largest absolute Gasteiger partial charge is 0.423 e. The lowest BCUT2D eigenvalue weighted by molar-refractivity contribution is -0.449. The zero-order chi connectivity index (χ0) is 21.7. The van der Waals surface area contributed by atoms with Crippen molar-refractivity contribution in [3.8, 4) is 0 Å². The molecular weight excluding hydrogens is 406 g/mol. The molecule has 28 heavy (non-hydrogen) atoms. The number of rotatable bonds is 18. The first kappa shape index (κ1) is 27.3. The van der Waals surface area contributed by atoms with E-state index in [9.17, 15) is 26.3 Å². The minimum absolute atomic E-state index is 0.0247. The van der Waals surface area contributed by atoms with Gasteiger partial charge in [0.15, 0.2) is 6.10 Å². The second-order valence-electron chi connectivity index (χ2n) is 5.34. The summed E-state index contributed by atoms with van der Waals surface area (Å²) in [4.78, 5) is 0. The monoisotopic (exact) mass is 432 g/mol. The van der Waals surface area contributed by atoms with Crippen LogP contribution in [0.2, 0.25) is 0 Å². The van der Waals surface area contributed by atoms with Crippen LogP contribution in [0.4, 0.5) is 26.3 Å². The summed E-state index contributed by atoms with van der Waals surface area (Å²) in [5.41, 5.74) is 0. The first-order chi connectivity index (χ1) is 13.0. The number of alkyl halides is 6. The molecule has 170 valence electrons. The summed E-state index contributed by atoms with van der Waals surface area (Å²) in [6, 6.07) is 0. The third-order valence-corrected chi connectivity index (χ3v) is 3.17. The van der Waals surface area contributed by atoms with Crippen molar-refractivity contribution in [1.82, 2.24) is 0 Å². The van der Waals surface area contributed by atoms with E-state index in [0.717, 1.165) is 0 Å². The summed E-state index contributed by atoms with van der Waals surface area (Å²) in [5, 5.41) is 17.0. The molecule has 0 aliphatic heterocycles. The van der Waals surface area contributed by atoms with E-state index in [-0.39, 0.29) is 46.2 Å². The minimum atomic E-state index is -5.44. The van der Waals surface area contributed by atoms with Crippen molar-refractivity contribution >= 4 is 0 Å². The Bertz CT molecular complexity index is 401. The first-order valence-corrected chi connectivity index (χ1v) is 8.44. The van der Waals surface area contributed by atoms with Crippen molar-refractivity contribution in [1.29, 1.82) is 0 Å². The third kappa shape index (κ3) is 10.2. The Labute approximate surface area is 158 Å². The minimum Gasteiger partial charge on any atom is -0.394 e. The van der Waals surface area contributed by atoms with E-state index >= 15 is 0 Å². The predicted octanol–water partition coefficient (Wildman–Crippen LogP) is 1.65. The molecule has 0 aromatic heterocycles. The standard InChI is InChI=1S/C15H26F6O7/c1-2-13(16,17)15(20,21)28-14(18,19)12(27-10-9-25-6-4-23)11-26-8-7-24-5-3-22/h12,22-23H,2-11H2,1H3. The predicted molar refractivity (Wildman–Crippen MR) is 82.6 cm³/mol. The maximum Gasteiger partial charge on any atom is 0.423 e. The molecule has 1 atom stereocenters. The number of aliphatic hydroxyl groups excluding tert-OH is 2. The molecule has 0 aromatic carbocycles. The Hall–Kier alpha value is -0.700. The fourth-order valence-electron chi connectivity index (χ4n) is 1.65. The highest BCUT2D eigenvalue weighted by Gasteiger charge is 2.62. The normalized spacial score (nSPS) is 14.5. The number of ether oxygens (including phenoxy) is 5. The zero-order valence-corrected chi connectivity index (χ0v) is 15.4. The van der Waals surface area contributed by atoms with Crippen LogP contribution >= 0.6 is 0 Å². The average molecular weight is 432 g/mol. The van der Waals surface area contributed by atoms with Gasteiger partial charge in [-0.2, -0.15) is 26.3 Å². The van der Waals surface area contributed by atoms with Crippen LogP contribution in [0, 0.1) is 0 Å². The van der Waals surface area contributed by atoms with Crippen molar-refractivity contribution < 1.29 is 60.2 Å². The smallest absolute Gasteiger partial charge is 0.394 e. The third-order valence-electron chi connectivity index (χ3n) is 3.17. The molecule has 2 N–H and O–H groups in total. The van der Waals surface area contributed by atoms with Gasteiger partial charge in [-0.1, -0.05) is 6.92 Å². The molecule has 0 bridgehead atoms. The Morgan fingerprint density at radius 1 is 0.750 bits per heavy atom. The van der Waals surface area contributed by atoms with E-state index in [1.165, 1.54) is 0 Å². The molecule has 0 aliphatic rings. The van der Waals surface area contributed by atoms with Crippen molar-refractivity contribution in [3.63, 3.8) is 0 Å². The molecule has 0 saturated heterocycles. The molecule has 0 aliphatic carbocycles. The highest BCUT2D eigenvalue weighted by Crippen LogP contribution is 2.42. The SMILES string of the molecule is CCC(F)(F)C(F)(F)OC(F)(F)C(COCCOCCO)OCCOCCO. The summed E-state index contributed by atoms with van der Waals surface area (Å²) >= 11 is 0. The van der Waals surface area contributed by atoms with Crippen LogP contribution in [-0.4, -0.2) is 93.9 Å². The van der Waals surface area contributed by atoms with Gasteiger partial charge in [0.1, 0.15) is 0 Å².